The molecular weight excluding hydrogens is 323 g/mol. The molecule has 19 heavy (non-hydrogen) atoms. The molecule has 2 N–H and O–H groups in total. The van der Waals surface area contributed by atoms with Crippen LogP contribution in [-0.4, -0.2) is 9.55 Å². The van der Waals surface area contributed by atoms with Gasteiger partial charge in [-0.3, -0.25) is 0 Å². The van der Waals surface area contributed by atoms with Gasteiger partial charge in [0.15, 0.2) is 0 Å². The van der Waals surface area contributed by atoms with Gasteiger partial charge >= 0.3 is 6.18 Å². The SMILES string of the molecule is CC(N)c1cncn1-c1ccc(Br)c(C(F)(F)F)c1. The van der Waals surface area contributed by atoms with E-state index in [9.17, 15) is 13.2 Å². The van der Waals surface area contributed by atoms with E-state index < -0.39 is 11.7 Å². The van der Waals surface area contributed by atoms with Gasteiger partial charge < -0.3 is 10.3 Å². The molecule has 0 bridgehead atoms. The summed E-state index contributed by atoms with van der Waals surface area (Å²) in [6.45, 7) is 1.75. The fourth-order valence-corrected chi connectivity index (χ4v) is 2.21. The first-order chi connectivity index (χ1) is 8.80. The number of nitrogens with zero attached hydrogens (tertiary/aromatic N) is 2. The topological polar surface area (TPSA) is 43.8 Å². The molecule has 0 saturated heterocycles. The van der Waals surface area contributed by atoms with Crippen LogP contribution in [-0.2, 0) is 6.18 Å². The van der Waals surface area contributed by atoms with Crippen molar-refractivity contribution >= 4 is 15.9 Å². The van der Waals surface area contributed by atoms with Crippen molar-refractivity contribution in [1.29, 1.82) is 0 Å². The summed E-state index contributed by atoms with van der Waals surface area (Å²) in [5.74, 6) is 0. The molecule has 1 unspecified atom stereocenters. The van der Waals surface area contributed by atoms with E-state index >= 15 is 0 Å². The summed E-state index contributed by atoms with van der Waals surface area (Å²) in [5.41, 5.74) is 6.05. The molecule has 2 aromatic rings. The van der Waals surface area contributed by atoms with Gasteiger partial charge in [-0.25, -0.2) is 4.98 Å². The highest BCUT2D eigenvalue weighted by atomic mass is 79.9. The zero-order valence-corrected chi connectivity index (χ0v) is 11.5. The minimum atomic E-state index is -4.41. The lowest BCUT2D eigenvalue weighted by Gasteiger charge is -2.14. The minimum absolute atomic E-state index is 0.00575. The summed E-state index contributed by atoms with van der Waals surface area (Å²) in [7, 11) is 0. The predicted octanol–water partition coefficient (Wildman–Crippen LogP) is 3.67. The molecule has 0 fully saturated rings. The summed E-state index contributed by atoms with van der Waals surface area (Å²) < 4.78 is 40.1. The highest BCUT2D eigenvalue weighted by molar-refractivity contribution is 9.10. The highest BCUT2D eigenvalue weighted by Crippen LogP contribution is 2.36. The highest BCUT2D eigenvalue weighted by Gasteiger charge is 2.33. The van der Waals surface area contributed by atoms with Crippen molar-refractivity contribution in [2.45, 2.75) is 19.1 Å². The largest absolute Gasteiger partial charge is 0.417 e. The second-order valence-electron chi connectivity index (χ2n) is 4.14. The van der Waals surface area contributed by atoms with E-state index in [4.69, 9.17) is 5.73 Å². The van der Waals surface area contributed by atoms with Gasteiger partial charge in [0, 0.05) is 16.2 Å². The Bertz CT molecular complexity index is 590. The maximum absolute atomic E-state index is 12.8. The van der Waals surface area contributed by atoms with Gasteiger partial charge in [-0.1, -0.05) is 15.9 Å². The van der Waals surface area contributed by atoms with E-state index in [-0.39, 0.29) is 10.5 Å². The molecule has 3 nitrogen and oxygen atoms in total. The Kier molecular flexibility index (Phi) is 3.69. The van der Waals surface area contributed by atoms with Crippen molar-refractivity contribution in [2.24, 2.45) is 5.73 Å². The Hall–Kier alpha value is -1.34. The van der Waals surface area contributed by atoms with Gasteiger partial charge in [-0.05, 0) is 25.1 Å². The molecule has 0 saturated carbocycles. The average Bonchev–Trinajstić information content (AvgIpc) is 2.77. The zero-order valence-electron chi connectivity index (χ0n) is 9.95. The summed E-state index contributed by atoms with van der Waals surface area (Å²) in [6.07, 6.45) is -1.42. The van der Waals surface area contributed by atoms with Crippen molar-refractivity contribution in [3.63, 3.8) is 0 Å². The Balaban J connectivity index is 2.55. The van der Waals surface area contributed by atoms with Crippen LogP contribution in [0.5, 0.6) is 0 Å². The van der Waals surface area contributed by atoms with E-state index in [1.807, 2.05) is 0 Å². The van der Waals surface area contributed by atoms with E-state index in [0.717, 1.165) is 6.07 Å². The molecular formula is C12H11BrF3N3. The van der Waals surface area contributed by atoms with Gasteiger partial charge in [-0.2, -0.15) is 13.2 Å². The number of alkyl halides is 3. The monoisotopic (exact) mass is 333 g/mol. The summed E-state index contributed by atoms with van der Waals surface area (Å²) in [4.78, 5) is 3.92. The van der Waals surface area contributed by atoms with Crippen LogP contribution in [0.2, 0.25) is 0 Å². The molecule has 0 radical (unpaired) electrons. The number of aromatic nitrogens is 2. The van der Waals surface area contributed by atoms with Crippen LogP contribution in [0, 0.1) is 0 Å². The summed E-state index contributed by atoms with van der Waals surface area (Å²) in [5, 5.41) is 0. The Morgan fingerprint density at radius 1 is 1.37 bits per heavy atom. The van der Waals surface area contributed by atoms with Crippen LogP contribution >= 0.6 is 15.9 Å². The summed E-state index contributed by atoms with van der Waals surface area (Å²) in [6, 6.07) is 3.69. The molecule has 1 atom stereocenters. The predicted molar refractivity (Wildman–Crippen MR) is 68.9 cm³/mol. The first-order valence-electron chi connectivity index (χ1n) is 5.45. The third kappa shape index (κ3) is 2.82. The molecule has 1 heterocycles. The number of hydrogen-bond donors (Lipinski definition) is 1. The fraction of sp³-hybridized carbons (Fsp3) is 0.250. The molecule has 2 rings (SSSR count). The standard InChI is InChI=1S/C12H11BrF3N3/c1-7(17)11-5-18-6-19(11)8-2-3-10(13)9(4-8)12(14,15)16/h2-7H,17H2,1H3. The van der Waals surface area contributed by atoms with Gasteiger partial charge in [-0.15, -0.1) is 0 Å². The fourth-order valence-electron chi connectivity index (χ4n) is 1.74. The van der Waals surface area contributed by atoms with E-state index in [1.54, 1.807) is 23.8 Å². The quantitative estimate of drug-likeness (QED) is 0.911. The van der Waals surface area contributed by atoms with Crippen molar-refractivity contribution in [3.8, 4) is 5.69 Å². The van der Waals surface area contributed by atoms with Gasteiger partial charge in [0.25, 0.3) is 0 Å². The van der Waals surface area contributed by atoms with Crippen LogP contribution in [0.3, 0.4) is 0 Å². The number of hydrogen-bond acceptors (Lipinski definition) is 2. The molecule has 7 heteroatoms. The van der Waals surface area contributed by atoms with Crippen LogP contribution in [0.4, 0.5) is 13.2 Å². The van der Waals surface area contributed by atoms with E-state index in [0.29, 0.717) is 11.4 Å². The lowest BCUT2D eigenvalue weighted by molar-refractivity contribution is -0.138. The smallest absolute Gasteiger partial charge is 0.323 e. The molecule has 1 aromatic carbocycles. The number of imidazole rings is 1. The van der Waals surface area contributed by atoms with Crippen LogP contribution in [0.25, 0.3) is 5.69 Å². The van der Waals surface area contributed by atoms with Gasteiger partial charge in [0.1, 0.15) is 0 Å². The molecule has 1 aromatic heterocycles. The lowest BCUT2D eigenvalue weighted by atomic mass is 10.2. The maximum Gasteiger partial charge on any atom is 0.417 e. The van der Waals surface area contributed by atoms with Crippen LogP contribution in [0.15, 0.2) is 35.2 Å². The molecule has 0 aliphatic rings. The Morgan fingerprint density at radius 2 is 2.05 bits per heavy atom. The zero-order chi connectivity index (χ0) is 14.2. The third-order valence-corrected chi connectivity index (χ3v) is 3.36. The number of benzene rings is 1. The lowest BCUT2D eigenvalue weighted by Crippen LogP contribution is -2.12. The van der Waals surface area contributed by atoms with Crippen LogP contribution in [0.1, 0.15) is 24.2 Å². The van der Waals surface area contributed by atoms with Gasteiger partial charge in [0.2, 0.25) is 0 Å². The number of nitrogens with two attached hydrogens (primary N) is 1. The van der Waals surface area contributed by atoms with E-state index in [1.165, 1.54) is 12.4 Å². The van der Waals surface area contributed by atoms with Crippen LogP contribution < -0.4 is 5.73 Å². The molecule has 0 aliphatic heterocycles. The Morgan fingerprint density at radius 3 is 2.63 bits per heavy atom. The van der Waals surface area contributed by atoms with Gasteiger partial charge in [0.05, 0.1) is 23.8 Å². The molecule has 0 spiro atoms. The van der Waals surface area contributed by atoms with Crippen molar-refractivity contribution in [1.82, 2.24) is 9.55 Å². The van der Waals surface area contributed by atoms with Crippen molar-refractivity contribution < 1.29 is 13.2 Å². The third-order valence-electron chi connectivity index (χ3n) is 2.67. The maximum atomic E-state index is 12.8. The normalized spacial score (nSPS) is 13.6. The minimum Gasteiger partial charge on any atom is -0.323 e. The number of rotatable bonds is 2. The van der Waals surface area contributed by atoms with Crippen molar-refractivity contribution in [2.75, 3.05) is 0 Å². The first kappa shape index (κ1) is 14.1. The molecule has 0 amide bonds. The first-order valence-corrected chi connectivity index (χ1v) is 6.25. The molecule has 102 valence electrons. The summed E-state index contributed by atoms with van der Waals surface area (Å²) >= 11 is 2.91. The second-order valence-corrected chi connectivity index (χ2v) is 4.99. The average molecular weight is 334 g/mol. The number of halogens is 4. The van der Waals surface area contributed by atoms with E-state index in [2.05, 4.69) is 20.9 Å². The second kappa shape index (κ2) is 4.97. The molecule has 0 aliphatic carbocycles. The Labute approximate surface area is 116 Å². The van der Waals surface area contributed by atoms with Crippen molar-refractivity contribution in [3.05, 3.63) is 46.5 Å².